The Balaban J connectivity index is 1.26. The number of ether oxygens (including phenoxy) is 1. The van der Waals surface area contributed by atoms with Crippen LogP contribution in [0.4, 0.5) is 0 Å². The first kappa shape index (κ1) is 25.7. The van der Waals surface area contributed by atoms with E-state index in [4.69, 9.17) is 16.3 Å². The van der Waals surface area contributed by atoms with Crippen molar-refractivity contribution in [3.63, 3.8) is 0 Å². The van der Waals surface area contributed by atoms with Crippen LogP contribution in [-0.4, -0.2) is 92.7 Å². The molecule has 0 aliphatic carbocycles. The molecule has 0 unspecified atom stereocenters. The van der Waals surface area contributed by atoms with Crippen LogP contribution in [0, 0.1) is 0 Å². The smallest absolute Gasteiger partial charge is 0.240 e. The molecule has 0 bridgehead atoms. The topological polar surface area (TPSA) is 48.0 Å². The van der Waals surface area contributed by atoms with Crippen LogP contribution >= 0.6 is 11.6 Å². The van der Waals surface area contributed by atoms with E-state index in [1.807, 2.05) is 24.3 Å². The number of halogens is 1. The van der Waals surface area contributed by atoms with Gasteiger partial charge in [0.2, 0.25) is 5.91 Å². The lowest BCUT2D eigenvalue weighted by Gasteiger charge is -2.51. The Kier molecular flexibility index (Phi) is 8.28. The first-order valence-electron chi connectivity index (χ1n) is 13.4. The molecule has 194 valence electrons. The number of likely N-dealkylation sites (N-methyl/N-ethyl adjacent to an activating group) is 1. The fraction of sp³-hybridized carbons (Fsp3) is 0.552. The fourth-order valence-electron chi connectivity index (χ4n) is 6.19. The van der Waals surface area contributed by atoms with Gasteiger partial charge in [-0.15, -0.1) is 0 Å². The predicted octanol–water partition coefficient (Wildman–Crippen LogP) is 3.18. The SMILES string of the molecule is CN1CCc2ccccc2C12CCN(C(=O)[C@@H](Cc1ccc(Cl)cc1)NCCN1CCOCC1)CC2. The molecule has 6 nitrogen and oxygen atoms in total. The van der Waals surface area contributed by atoms with Gasteiger partial charge in [-0.2, -0.15) is 0 Å². The Labute approximate surface area is 220 Å². The summed E-state index contributed by atoms with van der Waals surface area (Å²) in [6.07, 6.45) is 3.73. The molecule has 7 heteroatoms. The molecule has 2 aromatic rings. The molecule has 3 aliphatic rings. The minimum absolute atomic E-state index is 0.0427. The molecule has 1 atom stereocenters. The number of hydrogen-bond acceptors (Lipinski definition) is 5. The highest BCUT2D eigenvalue weighted by atomic mass is 35.5. The number of nitrogens with one attached hydrogen (secondary N) is 1. The van der Waals surface area contributed by atoms with E-state index in [9.17, 15) is 4.79 Å². The van der Waals surface area contributed by atoms with Gasteiger partial charge in [0.25, 0.3) is 0 Å². The van der Waals surface area contributed by atoms with E-state index in [-0.39, 0.29) is 17.5 Å². The second-order valence-electron chi connectivity index (χ2n) is 10.5. The molecule has 1 spiro atoms. The van der Waals surface area contributed by atoms with Crippen LogP contribution in [-0.2, 0) is 27.9 Å². The summed E-state index contributed by atoms with van der Waals surface area (Å²) in [6, 6.07) is 16.5. The minimum atomic E-state index is -0.238. The molecular weight excluding hydrogens is 472 g/mol. The summed E-state index contributed by atoms with van der Waals surface area (Å²) in [4.78, 5) is 20.9. The predicted molar refractivity (Wildman–Crippen MR) is 144 cm³/mol. The van der Waals surface area contributed by atoms with E-state index in [0.29, 0.717) is 6.42 Å². The third-order valence-corrected chi connectivity index (χ3v) is 8.69. The number of carbonyl (C=O) groups excluding carboxylic acids is 1. The van der Waals surface area contributed by atoms with Gasteiger partial charge in [0.15, 0.2) is 0 Å². The fourth-order valence-corrected chi connectivity index (χ4v) is 6.32. The van der Waals surface area contributed by atoms with Gasteiger partial charge in [0.1, 0.15) is 0 Å². The summed E-state index contributed by atoms with van der Waals surface area (Å²) < 4.78 is 5.47. The summed E-state index contributed by atoms with van der Waals surface area (Å²) in [7, 11) is 2.25. The van der Waals surface area contributed by atoms with Gasteiger partial charge in [-0.05, 0) is 61.6 Å². The van der Waals surface area contributed by atoms with Crippen molar-refractivity contribution in [3.8, 4) is 0 Å². The zero-order valence-corrected chi connectivity index (χ0v) is 22.2. The Morgan fingerprint density at radius 1 is 1.03 bits per heavy atom. The maximum Gasteiger partial charge on any atom is 0.240 e. The molecule has 1 N–H and O–H groups in total. The lowest BCUT2D eigenvalue weighted by Crippen LogP contribution is -2.58. The highest BCUT2D eigenvalue weighted by Crippen LogP contribution is 2.42. The Hall–Kier alpha value is -1.96. The molecular formula is C29H39ClN4O2. The van der Waals surface area contributed by atoms with Crippen LogP contribution in [0.1, 0.15) is 29.5 Å². The van der Waals surface area contributed by atoms with Crippen LogP contribution < -0.4 is 5.32 Å². The number of fused-ring (bicyclic) bond motifs is 2. The Bertz CT molecular complexity index is 1020. The van der Waals surface area contributed by atoms with Crippen molar-refractivity contribution in [2.75, 3.05) is 66.1 Å². The zero-order valence-electron chi connectivity index (χ0n) is 21.4. The molecule has 3 heterocycles. The van der Waals surface area contributed by atoms with Crippen molar-refractivity contribution in [1.29, 1.82) is 0 Å². The van der Waals surface area contributed by atoms with Gasteiger partial charge >= 0.3 is 0 Å². The van der Waals surface area contributed by atoms with Crippen LogP contribution in [0.5, 0.6) is 0 Å². The standard InChI is InChI=1S/C29H39ClN4O2/c1-32-14-10-24-4-2-3-5-26(24)29(32)11-15-34(16-12-29)28(35)27(22-23-6-8-25(30)9-7-23)31-13-17-33-18-20-36-21-19-33/h2-9,27,31H,10-22H2,1H3/t27-/m1/s1. The maximum atomic E-state index is 13.8. The van der Waals surface area contributed by atoms with Gasteiger partial charge in [0.05, 0.1) is 19.3 Å². The van der Waals surface area contributed by atoms with E-state index in [1.165, 1.54) is 11.1 Å². The number of morpholine rings is 1. The van der Waals surface area contributed by atoms with Gasteiger partial charge in [-0.3, -0.25) is 14.6 Å². The summed E-state index contributed by atoms with van der Waals surface area (Å²) >= 11 is 6.11. The number of hydrogen-bond donors (Lipinski definition) is 1. The first-order chi connectivity index (χ1) is 17.5. The lowest BCUT2D eigenvalue weighted by atomic mass is 9.74. The number of nitrogens with zero attached hydrogens (tertiary/aromatic N) is 3. The van der Waals surface area contributed by atoms with Crippen LogP contribution in [0.15, 0.2) is 48.5 Å². The largest absolute Gasteiger partial charge is 0.379 e. The Morgan fingerprint density at radius 2 is 1.75 bits per heavy atom. The third kappa shape index (κ3) is 5.63. The summed E-state index contributed by atoms with van der Waals surface area (Å²) in [5, 5.41) is 4.33. The lowest BCUT2D eigenvalue weighted by molar-refractivity contribution is -0.136. The Morgan fingerprint density at radius 3 is 2.50 bits per heavy atom. The number of amides is 1. The normalized spacial score (nSPS) is 21.3. The molecule has 0 radical (unpaired) electrons. The third-order valence-electron chi connectivity index (χ3n) is 8.44. The number of likely N-dealkylation sites (tertiary alicyclic amines) is 1. The molecule has 3 aliphatic heterocycles. The van der Waals surface area contributed by atoms with Gasteiger partial charge in [-0.1, -0.05) is 48.0 Å². The first-order valence-corrected chi connectivity index (χ1v) is 13.8. The molecule has 5 rings (SSSR count). The minimum Gasteiger partial charge on any atom is -0.379 e. The second-order valence-corrected chi connectivity index (χ2v) is 10.9. The van der Waals surface area contributed by atoms with E-state index in [1.54, 1.807) is 0 Å². The van der Waals surface area contributed by atoms with Crippen LogP contribution in [0.2, 0.25) is 5.02 Å². The number of piperidine rings is 1. The molecule has 2 fully saturated rings. The summed E-state index contributed by atoms with van der Waals surface area (Å²) in [5.41, 5.74) is 4.11. The van der Waals surface area contributed by atoms with E-state index >= 15 is 0 Å². The van der Waals surface area contributed by atoms with E-state index < -0.39 is 0 Å². The number of rotatable bonds is 7. The van der Waals surface area contributed by atoms with Crippen molar-refractivity contribution >= 4 is 17.5 Å². The number of carbonyl (C=O) groups is 1. The molecule has 2 saturated heterocycles. The molecule has 2 aromatic carbocycles. The average molecular weight is 511 g/mol. The average Bonchev–Trinajstić information content (AvgIpc) is 2.92. The summed E-state index contributed by atoms with van der Waals surface area (Å²) in [6.45, 7) is 7.88. The van der Waals surface area contributed by atoms with Crippen LogP contribution in [0.3, 0.4) is 0 Å². The second kappa shape index (κ2) is 11.6. The van der Waals surface area contributed by atoms with Gasteiger partial charge in [0, 0.05) is 56.4 Å². The van der Waals surface area contributed by atoms with Gasteiger partial charge in [-0.25, -0.2) is 0 Å². The summed E-state index contributed by atoms with van der Waals surface area (Å²) in [5.74, 6) is 0.216. The quantitative estimate of drug-likeness (QED) is 0.620. The van der Waals surface area contributed by atoms with Crippen molar-refractivity contribution in [3.05, 3.63) is 70.2 Å². The number of benzene rings is 2. The van der Waals surface area contributed by atoms with Crippen molar-refractivity contribution < 1.29 is 9.53 Å². The monoisotopic (exact) mass is 510 g/mol. The molecule has 0 saturated carbocycles. The molecule has 36 heavy (non-hydrogen) atoms. The van der Waals surface area contributed by atoms with E-state index in [0.717, 1.165) is 88.9 Å². The van der Waals surface area contributed by atoms with Crippen molar-refractivity contribution in [2.24, 2.45) is 0 Å². The van der Waals surface area contributed by atoms with Crippen LogP contribution in [0.25, 0.3) is 0 Å². The van der Waals surface area contributed by atoms with E-state index in [2.05, 4.69) is 51.3 Å². The highest BCUT2D eigenvalue weighted by Gasteiger charge is 2.44. The molecule has 0 aromatic heterocycles. The van der Waals surface area contributed by atoms with Crippen molar-refractivity contribution in [1.82, 2.24) is 20.0 Å². The van der Waals surface area contributed by atoms with Gasteiger partial charge < -0.3 is 15.0 Å². The molecule has 1 amide bonds. The highest BCUT2D eigenvalue weighted by molar-refractivity contribution is 6.30. The maximum absolute atomic E-state index is 13.8. The zero-order chi connectivity index (χ0) is 25.0. The van der Waals surface area contributed by atoms with Crippen molar-refractivity contribution in [2.45, 2.75) is 37.3 Å².